The van der Waals surface area contributed by atoms with E-state index in [1.807, 2.05) is 4.90 Å². The Morgan fingerprint density at radius 1 is 1.29 bits per heavy atom. The van der Waals surface area contributed by atoms with E-state index in [0.29, 0.717) is 12.3 Å². The lowest BCUT2D eigenvalue weighted by Crippen LogP contribution is -2.52. The van der Waals surface area contributed by atoms with Crippen molar-refractivity contribution in [3.63, 3.8) is 0 Å². The molecule has 1 spiro atoms. The van der Waals surface area contributed by atoms with Gasteiger partial charge in [0.1, 0.15) is 6.33 Å². The highest BCUT2D eigenvalue weighted by atomic mass is 16.2. The maximum atomic E-state index is 12.5. The van der Waals surface area contributed by atoms with Crippen molar-refractivity contribution >= 4 is 11.8 Å². The van der Waals surface area contributed by atoms with Crippen LogP contribution in [-0.2, 0) is 11.8 Å². The van der Waals surface area contributed by atoms with Crippen LogP contribution in [0.3, 0.4) is 0 Å². The van der Waals surface area contributed by atoms with Gasteiger partial charge in [0.25, 0.3) is 5.91 Å². The molecule has 0 atom stereocenters. The molecule has 0 radical (unpaired) electrons. The first-order valence-corrected chi connectivity index (χ1v) is 8.97. The van der Waals surface area contributed by atoms with Crippen LogP contribution in [0.2, 0.25) is 0 Å². The smallest absolute Gasteiger partial charge is 0.293 e. The minimum Gasteiger partial charge on any atom is -0.342 e. The van der Waals surface area contributed by atoms with Crippen LogP contribution in [0, 0.1) is 11.3 Å². The Morgan fingerprint density at radius 3 is 2.67 bits per heavy atom. The number of amides is 2. The minimum atomic E-state index is -0.0767. The van der Waals surface area contributed by atoms with Crippen molar-refractivity contribution in [3.8, 4) is 0 Å². The molecule has 130 valence electrons. The molecule has 4 rings (SSSR count). The molecule has 1 aliphatic carbocycles. The predicted octanol–water partition coefficient (Wildman–Crippen LogP) is 1.07. The predicted molar refractivity (Wildman–Crippen MR) is 87.1 cm³/mol. The number of carbonyl (C=O) groups excluding carboxylic acids is 2. The molecular formula is C17H25N5O2. The number of carbonyl (C=O) groups is 2. The second kappa shape index (κ2) is 5.86. The van der Waals surface area contributed by atoms with E-state index in [4.69, 9.17) is 0 Å². The first kappa shape index (κ1) is 15.6. The molecule has 2 aliphatic heterocycles. The Labute approximate surface area is 142 Å². The van der Waals surface area contributed by atoms with Gasteiger partial charge in [0.05, 0.1) is 0 Å². The van der Waals surface area contributed by atoms with Crippen molar-refractivity contribution in [3.05, 3.63) is 12.2 Å². The average Bonchev–Trinajstić information content (AvgIpc) is 3.29. The summed E-state index contributed by atoms with van der Waals surface area (Å²) in [7, 11) is 1.77. The average molecular weight is 331 g/mol. The molecule has 2 saturated heterocycles. The summed E-state index contributed by atoms with van der Waals surface area (Å²) in [6, 6.07) is 0. The SMILES string of the molecule is Cn1cnc(C(=O)N2CCC3(CCC(=O)N(CC4CC4)C3)CC2)n1. The van der Waals surface area contributed by atoms with Crippen molar-refractivity contribution < 1.29 is 9.59 Å². The highest BCUT2D eigenvalue weighted by molar-refractivity contribution is 5.90. The molecule has 3 fully saturated rings. The van der Waals surface area contributed by atoms with Gasteiger partial charge in [-0.25, -0.2) is 4.98 Å². The zero-order chi connectivity index (χ0) is 16.7. The van der Waals surface area contributed by atoms with Crippen LogP contribution in [0.4, 0.5) is 0 Å². The van der Waals surface area contributed by atoms with Gasteiger partial charge in [-0.05, 0) is 43.4 Å². The van der Waals surface area contributed by atoms with E-state index < -0.39 is 0 Å². The quantitative estimate of drug-likeness (QED) is 0.831. The van der Waals surface area contributed by atoms with E-state index in [1.54, 1.807) is 18.1 Å². The number of aryl methyl sites for hydroxylation is 1. The highest BCUT2D eigenvalue weighted by Crippen LogP contribution is 2.41. The molecule has 7 heteroatoms. The lowest BCUT2D eigenvalue weighted by molar-refractivity contribution is -0.139. The third-order valence-electron chi connectivity index (χ3n) is 5.83. The number of hydrogen-bond donors (Lipinski definition) is 0. The second-order valence-electron chi connectivity index (χ2n) is 7.75. The first-order valence-electron chi connectivity index (χ1n) is 8.97. The zero-order valence-electron chi connectivity index (χ0n) is 14.3. The normalized spacial score (nSPS) is 23.8. The Morgan fingerprint density at radius 2 is 2.04 bits per heavy atom. The lowest BCUT2D eigenvalue weighted by Gasteiger charge is -2.47. The Balaban J connectivity index is 1.37. The van der Waals surface area contributed by atoms with E-state index in [-0.39, 0.29) is 17.1 Å². The molecule has 7 nitrogen and oxygen atoms in total. The fourth-order valence-corrected chi connectivity index (χ4v) is 4.05. The Kier molecular flexibility index (Phi) is 3.81. The summed E-state index contributed by atoms with van der Waals surface area (Å²) >= 11 is 0. The van der Waals surface area contributed by atoms with Gasteiger partial charge in [0.15, 0.2) is 0 Å². The second-order valence-corrected chi connectivity index (χ2v) is 7.75. The molecule has 1 aromatic heterocycles. The molecule has 2 amide bonds. The molecule has 1 aromatic rings. The molecule has 3 heterocycles. The molecule has 0 N–H and O–H groups in total. The van der Waals surface area contributed by atoms with E-state index in [2.05, 4.69) is 15.0 Å². The maximum Gasteiger partial charge on any atom is 0.293 e. The van der Waals surface area contributed by atoms with Crippen LogP contribution in [0.5, 0.6) is 0 Å². The molecule has 0 unspecified atom stereocenters. The molecule has 1 saturated carbocycles. The van der Waals surface area contributed by atoms with Gasteiger partial charge >= 0.3 is 0 Å². The van der Waals surface area contributed by atoms with Crippen molar-refractivity contribution in [1.82, 2.24) is 24.6 Å². The van der Waals surface area contributed by atoms with Crippen LogP contribution in [0.15, 0.2) is 6.33 Å². The van der Waals surface area contributed by atoms with Gasteiger partial charge in [0.2, 0.25) is 11.7 Å². The van der Waals surface area contributed by atoms with Crippen molar-refractivity contribution in [1.29, 1.82) is 0 Å². The molecule has 0 aromatic carbocycles. The Bertz CT molecular complexity index is 643. The van der Waals surface area contributed by atoms with Crippen LogP contribution in [0.1, 0.15) is 49.1 Å². The first-order chi connectivity index (χ1) is 11.5. The zero-order valence-corrected chi connectivity index (χ0v) is 14.3. The summed E-state index contributed by atoms with van der Waals surface area (Å²) in [5, 5.41) is 4.11. The summed E-state index contributed by atoms with van der Waals surface area (Å²) < 4.78 is 1.56. The van der Waals surface area contributed by atoms with Gasteiger partial charge in [0, 0.05) is 39.6 Å². The highest BCUT2D eigenvalue weighted by Gasteiger charge is 2.43. The molecular weight excluding hydrogens is 306 g/mol. The summed E-state index contributed by atoms with van der Waals surface area (Å²) in [5.41, 5.74) is 0.205. The number of rotatable bonds is 3. The van der Waals surface area contributed by atoms with E-state index >= 15 is 0 Å². The van der Waals surface area contributed by atoms with Crippen LogP contribution >= 0.6 is 0 Å². The summed E-state index contributed by atoms with van der Waals surface area (Å²) in [4.78, 5) is 32.7. The van der Waals surface area contributed by atoms with Crippen LogP contribution < -0.4 is 0 Å². The summed E-state index contributed by atoms with van der Waals surface area (Å²) in [6.45, 7) is 3.30. The van der Waals surface area contributed by atoms with E-state index in [9.17, 15) is 9.59 Å². The van der Waals surface area contributed by atoms with Gasteiger partial charge in [-0.1, -0.05) is 0 Å². The number of likely N-dealkylation sites (tertiary alicyclic amines) is 2. The van der Waals surface area contributed by atoms with E-state index in [1.165, 1.54) is 12.8 Å². The number of nitrogens with zero attached hydrogens (tertiary/aromatic N) is 5. The molecule has 3 aliphatic rings. The third-order valence-corrected chi connectivity index (χ3v) is 5.83. The van der Waals surface area contributed by atoms with Gasteiger partial charge < -0.3 is 9.80 Å². The van der Waals surface area contributed by atoms with Crippen LogP contribution in [-0.4, -0.2) is 62.6 Å². The van der Waals surface area contributed by atoms with Gasteiger partial charge in [-0.2, -0.15) is 0 Å². The van der Waals surface area contributed by atoms with Crippen LogP contribution in [0.25, 0.3) is 0 Å². The summed E-state index contributed by atoms with van der Waals surface area (Å²) in [5.74, 6) is 1.26. The molecule has 0 bridgehead atoms. The van der Waals surface area contributed by atoms with E-state index in [0.717, 1.165) is 51.4 Å². The standard InChI is InChI=1S/C17H25N5O2/c1-20-12-18-15(19-20)16(24)21-8-6-17(7-9-21)5-4-14(23)22(11-17)10-13-2-3-13/h12-13H,2-11H2,1H3. The van der Waals surface area contributed by atoms with Gasteiger partial charge in [-0.15, -0.1) is 5.10 Å². The third kappa shape index (κ3) is 3.03. The van der Waals surface area contributed by atoms with Crippen molar-refractivity contribution in [2.45, 2.75) is 38.5 Å². The summed E-state index contributed by atoms with van der Waals surface area (Å²) in [6.07, 6.45) is 7.69. The van der Waals surface area contributed by atoms with Gasteiger partial charge in [-0.3, -0.25) is 14.3 Å². The number of aromatic nitrogens is 3. The number of hydrogen-bond acceptors (Lipinski definition) is 4. The topological polar surface area (TPSA) is 71.3 Å². The van der Waals surface area contributed by atoms with Crippen molar-refractivity contribution in [2.24, 2.45) is 18.4 Å². The number of piperidine rings is 2. The lowest BCUT2D eigenvalue weighted by atomic mass is 9.72. The monoisotopic (exact) mass is 331 g/mol. The Hall–Kier alpha value is -1.92. The maximum absolute atomic E-state index is 12.5. The fraction of sp³-hybridized carbons (Fsp3) is 0.765. The largest absolute Gasteiger partial charge is 0.342 e. The fourth-order valence-electron chi connectivity index (χ4n) is 4.05. The van der Waals surface area contributed by atoms with Crippen molar-refractivity contribution in [2.75, 3.05) is 26.2 Å². The minimum absolute atomic E-state index is 0.0767. The molecule has 24 heavy (non-hydrogen) atoms.